The Labute approximate surface area is 123 Å². The molecule has 0 aliphatic heterocycles. The van der Waals surface area contributed by atoms with Crippen LogP contribution in [-0.2, 0) is 13.0 Å². The lowest BCUT2D eigenvalue weighted by Gasteiger charge is -2.12. The number of hydrogen-bond acceptors (Lipinski definition) is 3. The summed E-state index contributed by atoms with van der Waals surface area (Å²) in [6.07, 6.45) is 2.04. The molecule has 2 rings (SSSR count). The number of hydrogen-bond donors (Lipinski definition) is 2. The lowest BCUT2D eigenvalue weighted by Crippen LogP contribution is -2.33. The van der Waals surface area contributed by atoms with Crippen LogP contribution >= 0.6 is 22.9 Å². The summed E-state index contributed by atoms with van der Waals surface area (Å²) in [7, 11) is 0. The molecule has 19 heavy (non-hydrogen) atoms. The first-order chi connectivity index (χ1) is 9.24. The van der Waals surface area contributed by atoms with Gasteiger partial charge in [-0.25, -0.2) is 0 Å². The Morgan fingerprint density at radius 1 is 1.16 bits per heavy atom. The molecule has 1 aromatic carbocycles. The normalized spacial score (nSPS) is 12.5. The molecule has 0 amide bonds. The Balaban J connectivity index is 1.63. The Kier molecular flexibility index (Phi) is 5.86. The number of nitrogens with one attached hydrogen (secondary N) is 1. The minimum absolute atomic E-state index is 0.190. The molecule has 2 aromatic rings. The number of benzene rings is 1. The summed E-state index contributed by atoms with van der Waals surface area (Å²) in [5, 5.41) is 3.38. The first-order valence-electron chi connectivity index (χ1n) is 6.48. The largest absolute Gasteiger partial charge is 0.327 e. The first-order valence-corrected chi connectivity index (χ1v) is 7.68. The van der Waals surface area contributed by atoms with E-state index in [0.717, 1.165) is 30.3 Å². The molecule has 0 spiro atoms. The monoisotopic (exact) mass is 294 g/mol. The van der Waals surface area contributed by atoms with Crippen LogP contribution in [0.1, 0.15) is 16.9 Å². The van der Waals surface area contributed by atoms with Gasteiger partial charge in [-0.2, -0.15) is 0 Å². The Bertz CT molecular complexity index is 484. The summed E-state index contributed by atoms with van der Waals surface area (Å²) in [4.78, 5) is 1.25. The molecular formula is C15H19ClN2S. The van der Waals surface area contributed by atoms with E-state index in [1.54, 1.807) is 11.3 Å². The molecule has 4 heteroatoms. The predicted octanol–water partition coefficient (Wildman–Crippen LogP) is 3.45. The minimum atomic E-state index is 0.190. The number of halogens is 1. The van der Waals surface area contributed by atoms with E-state index in [2.05, 4.69) is 35.6 Å². The fourth-order valence-corrected chi connectivity index (χ4v) is 2.98. The third-order valence-electron chi connectivity index (χ3n) is 2.98. The summed E-state index contributed by atoms with van der Waals surface area (Å²) in [6.45, 7) is 1.68. The molecule has 0 bridgehead atoms. The maximum Gasteiger partial charge on any atom is 0.0931 e. The Morgan fingerprint density at radius 2 is 1.95 bits per heavy atom. The average Bonchev–Trinajstić information content (AvgIpc) is 2.83. The minimum Gasteiger partial charge on any atom is -0.327 e. The summed E-state index contributed by atoms with van der Waals surface area (Å²) in [5.41, 5.74) is 7.46. The molecule has 102 valence electrons. The van der Waals surface area contributed by atoms with E-state index in [4.69, 9.17) is 17.3 Å². The lowest BCUT2D eigenvalue weighted by atomic mass is 10.1. The lowest BCUT2D eigenvalue weighted by molar-refractivity contribution is 0.546. The van der Waals surface area contributed by atoms with Crippen LogP contribution in [0.15, 0.2) is 42.5 Å². The molecule has 0 radical (unpaired) electrons. The zero-order valence-electron chi connectivity index (χ0n) is 10.8. The second kappa shape index (κ2) is 7.65. The van der Waals surface area contributed by atoms with Gasteiger partial charge >= 0.3 is 0 Å². The van der Waals surface area contributed by atoms with Crippen LogP contribution in [0.2, 0.25) is 4.34 Å². The molecule has 3 N–H and O–H groups in total. The third-order valence-corrected chi connectivity index (χ3v) is 4.21. The highest BCUT2D eigenvalue weighted by atomic mass is 35.5. The molecule has 2 nitrogen and oxygen atoms in total. The van der Waals surface area contributed by atoms with E-state index in [1.807, 2.05) is 12.1 Å². The fourth-order valence-electron chi connectivity index (χ4n) is 1.93. The molecule has 1 heterocycles. The van der Waals surface area contributed by atoms with Crippen molar-refractivity contribution < 1.29 is 0 Å². The van der Waals surface area contributed by atoms with Gasteiger partial charge in [0.1, 0.15) is 0 Å². The predicted molar refractivity (Wildman–Crippen MR) is 83.8 cm³/mol. The topological polar surface area (TPSA) is 38.0 Å². The van der Waals surface area contributed by atoms with Crippen LogP contribution < -0.4 is 11.1 Å². The van der Waals surface area contributed by atoms with Crippen LogP contribution in [0, 0.1) is 0 Å². The second-order valence-corrected chi connectivity index (χ2v) is 6.42. The van der Waals surface area contributed by atoms with Crippen molar-refractivity contribution >= 4 is 22.9 Å². The zero-order valence-corrected chi connectivity index (χ0v) is 12.4. The smallest absolute Gasteiger partial charge is 0.0931 e. The number of nitrogens with two attached hydrogens (primary N) is 1. The SMILES string of the molecule is NC(CCc1ccccc1)CNCc1ccc(Cl)s1. The van der Waals surface area contributed by atoms with Crippen molar-refractivity contribution in [2.45, 2.75) is 25.4 Å². The highest BCUT2D eigenvalue weighted by Gasteiger charge is 2.03. The average molecular weight is 295 g/mol. The molecule has 0 saturated heterocycles. The summed E-state index contributed by atoms with van der Waals surface area (Å²) < 4.78 is 0.838. The second-order valence-electron chi connectivity index (χ2n) is 4.62. The quantitative estimate of drug-likeness (QED) is 0.821. The van der Waals surface area contributed by atoms with Gasteiger partial charge in [-0.1, -0.05) is 41.9 Å². The van der Waals surface area contributed by atoms with Gasteiger partial charge in [0.15, 0.2) is 0 Å². The highest BCUT2D eigenvalue weighted by Crippen LogP contribution is 2.20. The van der Waals surface area contributed by atoms with E-state index >= 15 is 0 Å². The number of rotatable bonds is 7. The van der Waals surface area contributed by atoms with Gasteiger partial charge in [0.2, 0.25) is 0 Å². The van der Waals surface area contributed by atoms with Gasteiger partial charge in [0.25, 0.3) is 0 Å². The van der Waals surface area contributed by atoms with Crippen molar-refractivity contribution in [3.05, 3.63) is 57.2 Å². The summed E-state index contributed by atoms with van der Waals surface area (Å²) in [6, 6.07) is 14.6. The van der Waals surface area contributed by atoms with Gasteiger partial charge in [-0.15, -0.1) is 11.3 Å². The van der Waals surface area contributed by atoms with Crippen LogP contribution in [0.4, 0.5) is 0 Å². The van der Waals surface area contributed by atoms with Gasteiger partial charge < -0.3 is 11.1 Å². The molecule has 0 aliphatic carbocycles. The van der Waals surface area contributed by atoms with E-state index in [-0.39, 0.29) is 6.04 Å². The summed E-state index contributed by atoms with van der Waals surface area (Å²) in [5.74, 6) is 0. The van der Waals surface area contributed by atoms with Gasteiger partial charge in [0.05, 0.1) is 4.34 Å². The van der Waals surface area contributed by atoms with Gasteiger partial charge in [0, 0.05) is 24.0 Å². The van der Waals surface area contributed by atoms with Crippen molar-refractivity contribution in [1.29, 1.82) is 0 Å². The van der Waals surface area contributed by atoms with Crippen molar-refractivity contribution in [2.75, 3.05) is 6.54 Å². The molecule has 0 aliphatic rings. The Hall–Kier alpha value is -0.870. The number of thiophene rings is 1. The zero-order chi connectivity index (χ0) is 13.5. The first kappa shape index (κ1) is 14.5. The maximum absolute atomic E-state index is 6.11. The van der Waals surface area contributed by atoms with Crippen LogP contribution in [0.5, 0.6) is 0 Å². The van der Waals surface area contributed by atoms with E-state index in [0.29, 0.717) is 0 Å². The Morgan fingerprint density at radius 3 is 2.63 bits per heavy atom. The maximum atomic E-state index is 6.11. The van der Waals surface area contributed by atoms with Crippen LogP contribution in [0.25, 0.3) is 0 Å². The molecule has 1 atom stereocenters. The molecule has 1 unspecified atom stereocenters. The van der Waals surface area contributed by atoms with Crippen molar-refractivity contribution in [3.8, 4) is 0 Å². The summed E-state index contributed by atoms with van der Waals surface area (Å²) >= 11 is 7.50. The molecule has 0 fully saturated rings. The van der Waals surface area contributed by atoms with Crippen LogP contribution in [0.3, 0.4) is 0 Å². The van der Waals surface area contributed by atoms with Crippen molar-refractivity contribution in [3.63, 3.8) is 0 Å². The van der Waals surface area contributed by atoms with E-state index in [9.17, 15) is 0 Å². The molecule has 1 aromatic heterocycles. The van der Waals surface area contributed by atoms with Crippen LogP contribution in [-0.4, -0.2) is 12.6 Å². The number of aryl methyl sites for hydroxylation is 1. The van der Waals surface area contributed by atoms with Gasteiger partial charge in [-0.3, -0.25) is 0 Å². The van der Waals surface area contributed by atoms with Crippen molar-refractivity contribution in [2.24, 2.45) is 5.73 Å². The van der Waals surface area contributed by atoms with E-state index < -0.39 is 0 Å². The van der Waals surface area contributed by atoms with Crippen molar-refractivity contribution in [1.82, 2.24) is 5.32 Å². The van der Waals surface area contributed by atoms with E-state index in [1.165, 1.54) is 10.4 Å². The molecule has 0 saturated carbocycles. The molecular weight excluding hydrogens is 276 g/mol. The third kappa shape index (κ3) is 5.33. The fraction of sp³-hybridized carbons (Fsp3) is 0.333. The standard InChI is InChI=1S/C15H19ClN2S/c16-15-9-8-14(19-15)11-18-10-13(17)7-6-12-4-2-1-3-5-12/h1-5,8-9,13,18H,6-7,10-11,17H2. The van der Waals surface area contributed by atoms with Gasteiger partial charge in [-0.05, 0) is 30.5 Å². The highest BCUT2D eigenvalue weighted by molar-refractivity contribution is 7.16.